The summed E-state index contributed by atoms with van der Waals surface area (Å²) in [5.41, 5.74) is 1.11. The molecule has 1 aromatic rings. The van der Waals surface area contributed by atoms with Crippen LogP contribution in [0.3, 0.4) is 0 Å². The smallest absolute Gasteiger partial charge is 0.124 e. The molecule has 23 heavy (non-hydrogen) atoms. The first kappa shape index (κ1) is 16.7. The van der Waals surface area contributed by atoms with Crippen LogP contribution in [0.15, 0.2) is 24.3 Å². The van der Waals surface area contributed by atoms with Crippen LogP contribution in [0.1, 0.15) is 44.1 Å². The lowest BCUT2D eigenvalue weighted by atomic mass is 9.90. The van der Waals surface area contributed by atoms with Gasteiger partial charge in [-0.15, -0.1) is 0 Å². The molecule has 0 radical (unpaired) electrons. The molecule has 1 saturated heterocycles. The molecular formula is C19H29NO3. The lowest BCUT2D eigenvalue weighted by Gasteiger charge is -2.41. The van der Waals surface area contributed by atoms with Gasteiger partial charge in [-0.1, -0.05) is 31.0 Å². The van der Waals surface area contributed by atoms with Crippen LogP contribution in [0.2, 0.25) is 0 Å². The molecule has 4 heteroatoms. The molecule has 128 valence electrons. The molecule has 0 amide bonds. The Morgan fingerprint density at radius 2 is 1.83 bits per heavy atom. The minimum absolute atomic E-state index is 0.130. The van der Waals surface area contributed by atoms with E-state index in [1.165, 1.54) is 12.8 Å². The Kier molecular flexibility index (Phi) is 5.92. The van der Waals surface area contributed by atoms with Crippen molar-refractivity contribution < 1.29 is 14.6 Å². The first-order valence-electron chi connectivity index (χ1n) is 8.93. The fourth-order valence-corrected chi connectivity index (χ4v) is 3.92. The lowest BCUT2D eigenvalue weighted by molar-refractivity contribution is -0.0396. The molecule has 0 spiro atoms. The number of benzene rings is 1. The van der Waals surface area contributed by atoms with Gasteiger partial charge in [-0.3, -0.25) is 4.90 Å². The SMILES string of the molecule is COc1ccccc1COC1CCN(C2CCCCC2O)CC1. The van der Waals surface area contributed by atoms with Crippen molar-refractivity contribution >= 4 is 0 Å². The monoisotopic (exact) mass is 319 g/mol. The van der Waals surface area contributed by atoms with Crippen molar-refractivity contribution in [2.45, 2.75) is 63.4 Å². The highest BCUT2D eigenvalue weighted by molar-refractivity contribution is 5.32. The topological polar surface area (TPSA) is 41.9 Å². The standard InChI is InChI=1S/C19H29NO3/c1-22-19-9-5-2-6-15(19)14-23-16-10-12-20(13-11-16)17-7-3-4-8-18(17)21/h2,5-6,9,16-18,21H,3-4,7-8,10-14H2,1H3. The predicted molar refractivity (Wildman–Crippen MR) is 90.6 cm³/mol. The van der Waals surface area contributed by atoms with Crippen LogP contribution in [-0.2, 0) is 11.3 Å². The van der Waals surface area contributed by atoms with Crippen molar-refractivity contribution in [3.8, 4) is 5.75 Å². The van der Waals surface area contributed by atoms with E-state index in [1.54, 1.807) is 7.11 Å². The van der Waals surface area contributed by atoms with Gasteiger partial charge < -0.3 is 14.6 Å². The summed E-state index contributed by atoms with van der Waals surface area (Å²) in [6.45, 7) is 2.69. The van der Waals surface area contributed by atoms with E-state index < -0.39 is 0 Å². The summed E-state index contributed by atoms with van der Waals surface area (Å²) in [5.74, 6) is 0.898. The Labute approximate surface area is 139 Å². The number of aliphatic hydroxyl groups excluding tert-OH is 1. The maximum atomic E-state index is 10.2. The molecule has 0 aromatic heterocycles. The van der Waals surface area contributed by atoms with Crippen molar-refractivity contribution in [1.29, 1.82) is 0 Å². The van der Waals surface area contributed by atoms with Crippen LogP contribution in [0.5, 0.6) is 5.75 Å². The number of hydrogen-bond donors (Lipinski definition) is 1. The largest absolute Gasteiger partial charge is 0.496 e. The third-order valence-corrected chi connectivity index (χ3v) is 5.31. The molecule has 2 atom stereocenters. The van der Waals surface area contributed by atoms with Gasteiger partial charge in [0.15, 0.2) is 0 Å². The van der Waals surface area contributed by atoms with Gasteiger partial charge in [0.2, 0.25) is 0 Å². The van der Waals surface area contributed by atoms with Crippen LogP contribution in [0.25, 0.3) is 0 Å². The van der Waals surface area contributed by atoms with Gasteiger partial charge in [-0.2, -0.15) is 0 Å². The Balaban J connectivity index is 1.46. The van der Waals surface area contributed by atoms with Crippen molar-refractivity contribution in [3.05, 3.63) is 29.8 Å². The summed E-state index contributed by atoms with van der Waals surface area (Å²) in [6, 6.07) is 8.42. The third kappa shape index (κ3) is 4.25. The number of nitrogens with zero attached hydrogens (tertiary/aromatic N) is 1. The van der Waals surface area contributed by atoms with Gasteiger partial charge in [0, 0.05) is 24.7 Å². The zero-order valence-corrected chi connectivity index (χ0v) is 14.1. The van der Waals surface area contributed by atoms with Gasteiger partial charge in [0.05, 0.1) is 25.9 Å². The number of piperidine rings is 1. The predicted octanol–water partition coefficient (Wildman–Crippen LogP) is 2.98. The van der Waals surface area contributed by atoms with Crippen LogP contribution < -0.4 is 4.74 Å². The molecule has 3 rings (SSSR count). The number of ether oxygens (including phenoxy) is 2. The molecule has 1 saturated carbocycles. The van der Waals surface area contributed by atoms with Crippen LogP contribution in [-0.4, -0.2) is 48.5 Å². The Morgan fingerprint density at radius 3 is 2.57 bits per heavy atom. The van der Waals surface area contributed by atoms with Gasteiger partial charge in [0.25, 0.3) is 0 Å². The fraction of sp³-hybridized carbons (Fsp3) is 0.684. The highest BCUT2D eigenvalue weighted by Crippen LogP contribution is 2.27. The Morgan fingerprint density at radius 1 is 1.09 bits per heavy atom. The van der Waals surface area contributed by atoms with Crippen LogP contribution in [0, 0.1) is 0 Å². The molecule has 2 unspecified atom stereocenters. The molecule has 4 nitrogen and oxygen atoms in total. The van der Waals surface area contributed by atoms with E-state index >= 15 is 0 Å². The number of methoxy groups -OCH3 is 1. The minimum Gasteiger partial charge on any atom is -0.496 e. The van der Waals surface area contributed by atoms with Crippen molar-refractivity contribution in [2.75, 3.05) is 20.2 Å². The molecule has 2 aliphatic rings. The maximum absolute atomic E-state index is 10.2. The van der Waals surface area contributed by atoms with Gasteiger partial charge in [-0.05, 0) is 31.7 Å². The van der Waals surface area contributed by atoms with E-state index in [2.05, 4.69) is 11.0 Å². The molecule has 2 fully saturated rings. The number of para-hydroxylation sites is 1. The molecule has 1 heterocycles. The normalized spacial score (nSPS) is 27.0. The van der Waals surface area contributed by atoms with E-state index in [-0.39, 0.29) is 6.10 Å². The first-order valence-corrected chi connectivity index (χ1v) is 8.93. The second-order valence-corrected chi connectivity index (χ2v) is 6.78. The lowest BCUT2D eigenvalue weighted by Crippen LogP contribution is -2.49. The minimum atomic E-state index is -0.130. The Hall–Kier alpha value is -1.10. The molecular weight excluding hydrogens is 290 g/mol. The zero-order valence-electron chi connectivity index (χ0n) is 14.1. The second-order valence-electron chi connectivity index (χ2n) is 6.78. The van der Waals surface area contributed by atoms with Crippen LogP contribution >= 0.6 is 0 Å². The first-order chi connectivity index (χ1) is 11.3. The molecule has 1 aliphatic heterocycles. The van der Waals surface area contributed by atoms with Gasteiger partial charge in [0.1, 0.15) is 5.75 Å². The summed E-state index contributed by atoms with van der Waals surface area (Å²) >= 11 is 0. The second kappa shape index (κ2) is 8.13. The number of likely N-dealkylation sites (tertiary alicyclic amines) is 1. The fourth-order valence-electron chi connectivity index (χ4n) is 3.92. The van der Waals surface area contributed by atoms with Crippen LogP contribution in [0.4, 0.5) is 0 Å². The highest BCUT2D eigenvalue weighted by atomic mass is 16.5. The quantitative estimate of drug-likeness (QED) is 0.906. The highest BCUT2D eigenvalue weighted by Gasteiger charge is 2.31. The van der Waals surface area contributed by atoms with E-state index in [1.807, 2.05) is 18.2 Å². The number of rotatable bonds is 5. The van der Waals surface area contributed by atoms with E-state index in [0.717, 1.165) is 50.1 Å². The molecule has 0 bridgehead atoms. The Bertz CT molecular complexity index is 485. The summed E-state index contributed by atoms with van der Waals surface area (Å²) < 4.78 is 11.5. The maximum Gasteiger partial charge on any atom is 0.124 e. The summed E-state index contributed by atoms with van der Waals surface area (Å²) in [4.78, 5) is 2.48. The zero-order chi connectivity index (χ0) is 16.1. The summed E-state index contributed by atoms with van der Waals surface area (Å²) in [6.07, 6.45) is 6.84. The van der Waals surface area contributed by atoms with E-state index in [4.69, 9.17) is 9.47 Å². The molecule has 1 aliphatic carbocycles. The van der Waals surface area contributed by atoms with Gasteiger partial charge >= 0.3 is 0 Å². The van der Waals surface area contributed by atoms with Crippen molar-refractivity contribution in [1.82, 2.24) is 4.90 Å². The summed E-state index contributed by atoms with van der Waals surface area (Å²) in [7, 11) is 1.70. The van der Waals surface area contributed by atoms with E-state index in [0.29, 0.717) is 18.8 Å². The average Bonchev–Trinajstić information content (AvgIpc) is 2.61. The summed E-state index contributed by atoms with van der Waals surface area (Å²) in [5, 5.41) is 10.2. The third-order valence-electron chi connectivity index (χ3n) is 5.31. The molecule has 1 N–H and O–H groups in total. The average molecular weight is 319 g/mol. The number of aliphatic hydroxyl groups is 1. The van der Waals surface area contributed by atoms with Gasteiger partial charge in [-0.25, -0.2) is 0 Å². The number of hydrogen-bond acceptors (Lipinski definition) is 4. The van der Waals surface area contributed by atoms with E-state index in [9.17, 15) is 5.11 Å². The van der Waals surface area contributed by atoms with Crippen molar-refractivity contribution in [2.24, 2.45) is 0 Å². The van der Waals surface area contributed by atoms with Crippen molar-refractivity contribution in [3.63, 3.8) is 0 Å². The molecule has 1 aromatic carbocycles.